The lowest BCUT2D eigenvalue weighted by atomic mass is 9.73. The van der Waals surface area contributed by atoms with Gasteiger partial charge in [0, 0.05) is 22.1 Å². The van der Waals surface area contributed by atoms with Gasteiger partial charge in [-0.15, -0.1) is 0 Å². The van der Waals surface area contributed by atoms with Crippen molar-refractivity contribution in [1.29, 1.82) is 0 Å². The molecule has 0 bridgehead atoms. The Kier molecular flexibility index (Phi) is 5.25. The molecule has 212 valence electrons. The third kappa shape index (κ3) is 3.45. The Bertz CT molecular complexity index is 2310. The molecule has 0 spiro atoms. The minimum absolute atomic E-state index is 0.192. The van der Waals surface area contributed by atoms with Gasteiger partial charge in [0.15, 0.2) is 0 Å². The molecule has 1 aliphatic carbocycles. The summed E-state index contributed by atoms with van der Waals surface area (Å²) in [7, 11) is 0. The Morgan fingerprint density at radius 3 is 2.45 bits per heavy atom. The van der Waals surface area contributed by atoms with Crippen molar-refractivity contribution in [2.75, 3.05) is 4.90 Å². The van der Waals surface area contributed by atoms with E-state index >= 15 is 0 Å². The number of allylic oxidation sites excluding steroid dienone is 1. The summed E-state index contributed by atoms with van der Waals surface area (Å²) in [5, 5.41) is 2.34. The second-order valence-electron chi connectivity index (χ2n) is 12.8. The summed E-state index contributed by atoms with van der Waals surface area (Å²) in [6.45, 7) is 6.99. The number of anilines is 3. The maximum Gasteiger partial charge on any atom is 0.146 e. The molecule has 0 N–H and O–H groups in total. The predicted molar refractivity (Wildman–Crippen MR) is 182 cm³/mol. The first-order valence-electron chi connectivity index (χ1n) is 15.5. The highest BCUT2D eigenvalue weighted by molar-refractivity contribution is 6.02. The SMILES string of the molecule is CC1CC=Cc2ncc3c(nc4c5ccccc5cc(-c5ccc6c(c5)C(C)(C)c5ccccc5N6c5ccccc5)n34)c21. The molecule has 7 aromatic rings. The van der Waals surface area contributed by atoms with Crippen LogP contribution >= 0.6 is 0 Å². The smallest absolute Gasteiger partial charge is 0.146 e. The second-order valence-corrected chi connectivity index (χ2v) is 12.8. The van der Waals surface area contributed by atoms with E-state index in [1.54, 1.807) is 0 Å². The molecule has 0 radical (unpaired) electrons. The van der Waals surface area contributed by atoms with Crippen LogP contribution in [0.25, 0.3) is 44.8 Å². The van der Waals surface area contributed by atoms with Crippen LogP contribution in [-0.2, 0) is 5.41 Å². The number of aromatic nitrogens is 3. The van der Waals surface area contributed by atoms with Crippen LogP contribution in [0.1, 0.15) is 55.5 Å². The van der Waals surface area contributed by atoms with E-state index in [9.17, 15) is 0 Å². The minimum Gasteiger partial charge on any atom is -0.310 e. The van der Waals surface area contributed by atoms with Gasteiger partial charge in [-0.25, -0.2) is 4.98 Å². The molecule has 1 atom stereocenters. The first kappa shape index (κ1) is 25.3. The lowest BCUT2D eigenvalue weighted by molar-refractivity contribution is 0.632. The number of para-hydroxylation sites is 2. The molecule has 44 heavy (non-hydrogen) atoms. The molecule has 0 saturated heterocycles. The first-order valence-corrected chi connectivity index (χ1v) is 15.5. The highest BCUT2D eigenvalue weighted by Crippen LogP contribution is 2.52. The van der Waals surface area contributed by atoms with E-state index in [0.29, 0.717) is 5.92 Å². The predicted octanol–water partition coefficient (Wildman–Crippen LogP) is 10.3. The summed E-state index contributed by atoms with van der Waals surface area (Å²) in [6, 6.07) is 37.5. The summed E-state index contributed by atoms with van der Waals surface area (Å²) in [4.78, 5) is 12.7. The fourth-order valence-corrected chi connectivity index (χ4v) is 7.59. The zero-order valence-corrected chi connectivity index (χ0v) is 25.1. The third-order valence-corrected chi connectivity index (χ3v) is 9.80. The molecule has 9 rings (SSSR count). The first-order chi connectivity index (χ1) is 21.5. The van der Waals surface area contributed by atoms with Crippen LogP contribution in [0.15, 0.2) is 115 Å². The normalized spacial score (nSPS) is 16.7. The minimum atomic E-state index is -0.192. The zero-order chi connectivity index (χ0) is 29.6. The molecular formula is C40H32N4. The molecule has 4 nitrogen and oxygen atoms in total. The van der Waals surface area contributed by atoms with Gasteiger partial charge in [0.2, 0.25) is 0 Å². The Hall–Kier alpha value is -5.22. The monoisotopic (exact) mass is 568 g/mol. The van der Waals surface area contributed by atoms with E-state index in [-0.39, 0.29) is 5.41 Å². The van der Waals surface area contributed by atoms with E-state index in [1.807, 2.05) is 6.20 Å². The average Bonchev–Trinajstić information content (AvgIpc) is 3.45. The fraction of sp³-hybridized carbons (Fsp3) is 0.150. The van der Waals surface area contributed by atoms with Crippen LogP contribution in [0.3, 0.4) is 0 Å². The summed E-state index contributed by atoms with van der Waals surface area (Å²) >= 11 is 0. The molecule has 3 aromatic heterocycles. The molecule has 1 unspecified atom stereocenters. The van der Waals surface area contributed by atoms with E-state index in [1.165, 1.54) is 39.0 Å². The molecule has 2 aliphatic rings. The van der Waals surface area contributed by atoms with Gasteiger partial charge in [0.1, 0.15) is 5.65 Å². The fourth-order valence-electron chi connectivity index (χ4n) is 7.59. The van der Waals surface area contributed by atoms with Crippen LogP contribution in [0.2, 0.25) is 0 Å². The van der Waals surface area contributed by atoms with Gasteiger partial charge in [0.25, 0.3) is 0 Å². The van der Waals surface area contributed by atoms with E-state index < -0.39 is 0 Å². The number of fused-ring (bicyclic) bond motifs is 9. The maximum atomic E-state index is 5.37. The standard InChI is InChI=1S/C40H32N4/c1-25-12-11-18-32-37(25)38-36(24-41-32)44-35(23-26-13-7-8-16-29(26)39(44)42-38)27-20-21-34-31(22-27)40(2,3)30-17-9-10-19-33(30)43(34)28-14-5-4-6-15-28/h4-11,13-25H,12H2,1-3H3. The largest absolute Gasteiger partial charge is 0.310 e. The average molecular weight is 569 g/mol. The topological polar surface area (TPSA) is 33.4 Å². The Morgan fingerprint density at radius 1 is 0.795 bits per heavy atom. The van der Waals surface area contributed by atoms with Crippen molar-refractivity contribution in [2.45, 2.75) is 38.5 Å². The van der Waals surface area contributed by atoms with E-state index in [0.717, 1.165) is 45.6 Å². The third-order valence-electron chi connectivity index (χ3n) is 9.80. The van der Waals surface area contributed by atoms with E-state index in [4.69, 9.17) is 9.97 Å². The number of imidazole rings is 1. The Balaban J connectivity index is 1.35. The van der Waals surface area contributed by atoms with Crippen LogP contribution in [-0.4, -0.2) is 14.4 Å². The van der Waals surface area contributed by atoms with Crippen LogP contribution < -0.4 is 4.90 Å². The van der Waals surface area contributed by atoms with Crippen molar-refractivity contribution in [1.82, 2.24) is 14.4 Å². The van der Waals surface area contributed by atoms with Gasteiger partial charge in [-0.05, 0) is 76.9 Å². The van der Waals surface area contributed by atoms with Crippen molar-refractivity contribution in [3.63, 3.8) is 0 Å². The molecule has 4 aromatic carbocycles. The van der Waals surface area contributed by atoms with Crippen molar-refractivity contribution >= 4 is 50.6 Å². The van der Waals surface area contributed by atoms with Gasteiger partial charge in [0.05, 0.1) is 40.0 Å². The highest BCUT2D eigenvalue weighted by Gasteiger charge is 2.37. The summed E-state index contributed by atoms with van der Waals surface area (Å²) in [6.07, 6.45) is 7.41. The second kappa shape index (κ2) is 9.14. The van der Waals surface area contributed by atoms with Crippen LogP contribution in [0.4, 0.5) is 17.1 Å². The molecule has 4 heteroatoms. The summed E-state index contributed by atoms with van der Waals surface area (Å²) in [5.41, 5.74) is 13.8. The van der Waals surface area contributed by atoms with Gasteiger partial charge in [-0.2, -0.15) is 0 Å². The molecule has 0 fully saturated rings. The molecule has 1 aliphatic heterocycles. The van der Waals surface area contributed by atoms with Crippen LogP contribution in [0.5, 0.6) is 0 Å². The summed E-state index contributed by atoms with van der Waals surface area (Å²) in [5.74, 6) is 0.374. The van der Waals surface area contributed by atoms with Crippen molar-refractivity contribution in [3.8, 4) is 11.3 Å². The lowest BCUT2D eigenvalue weighted by Crippen LogP contribution is -2.30. The van der Waals surface area contributed by atoms with E-state index in [2.05, 4.69) is 145 Å². The number of nitrogens with zero attached hydrogens (tertiary/aromatic N) is 4. The highest BCUT2D eigenvalue weighted by atomic mass is 15.2. The molecule has 4 heterocycles. The summed E-state index contributed by atoms with van der Waals surface area (Å²) < 4.78 is 2.34. The quantitative estimate of drug-likeness (QED) is 0.208. The van der Waals surface area contributed by atoms with Crippen molar-refractivity contribution in [3.05, 3.63) is 138 Å². The number of pyridine rings is 2. The maximum absolute atomic E-state index is 5.37. The number of rotatable bonds is 2. The van der Waals surface area contributed by atoms with Crippen molar-refractivity contribution < 1.29 is 0 Å². The Morgan fingerprint density at radius 2 is 1.57 bits per heavy atom. The number of hydrogen-bond acceptors (Lipinski definition) is 3. The lowest BCUT2D eigenvalue weighted by Gasteiger charge is -2.42. The van der Waals surface area contributed by atoms with Crippen molar-refractivity contribution in [2.24, 2.45) is 0 Å². The Labute approximate surface area is 257 Å². The molecule has 0 saturated carbocycles. The van der Waals surface area contributed by atoms with Gasteiger partial charge in [-0.3, -0.25) is 9.38 Å². The van der Waals surface area contributed by atoms with Gasteiger partial charge in [-0.1, -0.05) is 93.6 Å². The van der Waals surface area contributed by atoms with Gasteiger partial charge >= 0.3 is 0 Å². The number of benzene rings is 4. The zero-order valence-electron chi connectivity index (χ0n) is 25.1. The molecular weight excluding hydrogens is 536 g/mol. The van der Waals surface area contributed by atoms with Crippen LogP contribution in [0, 0.1) is 0 Å². The molecule has 0 amide bonds. The number of hydrogen-bond donors (Lipinski definition) is 0. The van der Waals surface area contributed by atoms with Gasteiger partial charge < -0.3 is 4.90 Å².